The molecule has 2 fully saturated rings. The Hall–Kier alpha value is -0.340. The van der Waals surface area contributed by atoms with Crippen molar-refractivity contribution >= 4 is 0 Å². The first-order valence-electron chi connectivity index (χ1n) is 6.94. The van der Waals surface area contributed by atoms with E-state index in [9.17, 15) is 5.11 Å². The summed E-state index contributed by atoms with van der Waals surface area (Å²) in [7, 11) is 0. The van der Waals surface area contributed by atoms with Crippen molar-refractivity contribution in [2.75, 3.05) is 6.61 Å². The molecule has 2 nitrogen and oxygen atoms in total. The van der Waals surface area contributed by atoms with Gasteiger partial charge in [-0.3, -0.25) is 0 Å². The fraction of sp³-hybridized carbons (Fsp3) is 0.867. The van der Waals surface area contributed by atoms with Gasteiger partial charge in [-0.2, -0.15) is 0 Å². The first-order valence-corrected chi connectivity index (χ1v) is 6.94. The molecule has 0 aromatic heterocycles. The van der Waals surface area contributed by atoms with Crippen LogP contribution in [0.2, 0.25) is 0 Å². The zero-order valence-corrected chi connectivity index (χ0v) is 11.3. The normalized spacial score (nSPS) is 47.5. The lowest BCUT2D eigenvalue weighted by atomic mass is 9.55. The average Bonchev–Trinajstić information content (AvgIpc) is 2.49. The number of fused-ring (bicyclic) bond motifs is 1. The van der Waals surface area contributed by atoms with Gasteiger partial charge < -0.3 is 9.84 Å². The van der Waals surface area contributed by atoms with E-state index in [0.29, 0.717) is 5.92 Å². The second-order valence-corrected chi connectivity index (χ2v) is 6.96. The molecule has 3 rings (SSSR count). The second-order valence-electron chi connectivity index (χ2n) is 6.96. The summed E-state index contributed by atoms with van der Waals surface area (Å²) in [6, 6.07) is 0. The van der Waals surface area contributed by atoms with Crippen LogP contribution in [0.4, 0.5) is 0 Å². The molecule has 1 spiro atoms. The Kier molecular flexibility index (Phi) is 2.32. The van der Waals surface area contributed by atoms with Gasteiger partial charge in [0.15, 0.2) is 0 Å². The second kappa shape index (κ2) is 3.36. The minimum Gasteiger partial charge on any atom is -0.392 e. The van der Waals surface area contributed by atoms with Gasteiger partial charge in [-0.05, 0) is 57.4 Å². The lowest BCUT2D eigenvalue weighted by Crippen LogP contribution is -2.52. The van der Waals surface area contributed by atoms with E-state index in [1.54, 1.807) is 0 Å². The summed E-state index contributed by atoms with van der Waals surface area (Å²) >= 11 is 0. The number of ether oxygens (including phenoxy) is 1. The Morgan fingerprint density at radius 1 is 1.35 bits per heavy atom. The van der Waals surface area contributed by atoms with Crippen molar-refractivity contribution < 1.29 is 9.84 Å². The van der Waals surface area contributed by atoms with Crippen LogP contribution >= 0.6 is 0 Å². The van der Waals surface area contributed by atoms with E-state index in [-0.39, 0.29) is 23.2 Å². The highest BCUT2D eigenvalue weighted by Gasteiger charge is 2.64. The molecule has 0 aromatic carbocycles. The maximum Gasteiger partial charge on any atom is 0.0977 e. The van der Waals surface area contributed by atoms with Gasteiger partial charge in [0, 0.05) is 5.41 Å². The van der Waals surface area contributed by atoms with Crippen LogP contribution in [-0.2, 0) is 4.74 Å². The van der Waals surface area contributed by atoms with Gasteiger partial charge in [0.05, 0.1) is 17.8 Å². The quantitative estimate of drug-likeness (QED) is 0.709. The number of hydrogen-bond acceptors (Lipinski definition) is 2. The molecule has 1 heterocycles. The van der Waals surface area contributed by atoms with Crippen LogP contribution in [0, 0.1) is 11.3 Å². The summed E-state index contributed by atoms with van der Waals surface area (Å²) < 4.78 is 6.54. The van der Waals surface area contributed by atoms with Crippen molar-refractivity contribution in [1.82, 2.24) is 0 Å². The molecule has 3 unspecified atom stereocenters. The SMILES string of the molecule is CC1(C)OC23CC1CCC2(C)CCC=C3CO. The Morgan fingerprint density at radius 2 is 2.12 bits per heavy atom. The van der Waals surface area contributed by atoms with E-state index in [0.717, 1.165) is 18.4 Å². The van der Waals surface area contributed by atoms with Gasteiger partial charge >= 0.3 is 0 Å². The Bertz CT molecular complexity index is 371. The Balaban J connectivity index is 2.10. The summed E-state index contributed by atoms with van der Waals surface area (Å²) in [5, 5.41) is 9.68. The van der Waals surface area contributed by atoms with Crippen molar-refractivity contribution in [1.29, 1.82) is 0 Å². The summed E-state index contributed by atoms with van der Waals surface area (Å²) in [6.07, 6.45) is 8.18. The molecule has 17 heavy (non-hydrogen) atoms. The standard InChI is InChI=1S/C15H24O2/c1-13(2)11-6-8-14(3)7-4-5-12(10-16)15(14,9-11)17-13/h5,11,16H,4,6-10H2,1-3H3. The molecule has 1 aliphatic heterocycles. The van der Waals surface area contributed by atoms with Crippen molar-refractivity contribution in [2.24, 2.45) is 11.3 Å². The van der Waals surface area contributed by atoms with Gasteiger partial charge in [-0.1, -0.05) is 13.0 Å². The number of hydrogen-bond donors (Lipinski definition) is 1. The first-order chi connectivity index (χ1) is 7.94. The molecule has 0 aromatic rings. The number of rotatable bonds is 1. The van der Waals surface area contributed by atoms with Gasteiger partial charge in [0.1, 0.15) is 0 Å². The molecule has 0 amide bonds. The highest BCUT2D eigenvalue weighted by Crippen LogP contribution is 2.64. The summed E-state index contributed by atoms with van der Waals surface area (Å²) in [6.45, 7) is 6.98. The minimum absolute atomic E-state index is 0.0244. The third-order valence-electron chi connectivity index (χ3n) is 5.75. The summed E-state index contributed by atoms with van der Waals surface area (Å²) in [5.74, 6) is 0.656. The van der Waals surface area contributed by atoms with Crippen LogP contribution < -0.4 is 0 Å². The maximum atomic E-state index is 9.68. The molecule has 3 atom stereocenters. The number of aliphatic hydroxyl groups excluding tert-OH is 1. The van der Waals surface area contributed by atoms with E-state index in [2.05, 4.69) is 26.8 Å². The molecule has 2 heteroatoms. The topological polar surface area (TPSA) is 29.5 Å². The van der Waals surface area contributed by atoms with E-state index in [1.807, 2.05) is 0 Å². The molecule has 1 saturated heterocycles. The van der Waals surface area contributed by atoms with E-state index < -0.39 is 0 Å². The summed E-state index contributed by atoms with van der Waals surface area (Å²) in [4.78, 5) is 0. The largest absolute Gasteiger partial charge is 0.392 e. The highest BCUT2D eigenvalue weighted by molar-refractivity contribution is 5.31. The number of aliphatic hydroxyl groups is 1. The van der Waals surface area contributed by atoms with E-state index in [1.165, 1.54) is 19.3 Å². The Labute approximate surface area is 104 Å². The Morgan fingerprint density at radius 3 is 2.82 bits per heavy atom. The van der Waals surface area contributed by atoms with Crippen molar-refractivity contribution in [3.8, 4) is 0 Å². The van der Waals surface area contributed by atoms with E-state index in [4.69, 9.17) is 4.74 Å². The monoisotopic (exact) mass is 236 g/mol. The van der Waals surface area contributed by atoms with Crippen LogP contribution in [0.5, 0.6) is 0 Å². The van der Waals surface area contributed by atoms with Crippen LogP contribution in [0.25, 0.3) is 0 Å². The molecule has 1 N–H and O–H groups in total. The molecular formula is C15H24O2. The van der Waals surface area contributed by atoms with Gasteiger partial charge in [0.25, 0.3) is 0 Å². The predicted molar refractivity (Wildman–Crippen MR) is 67.7 cm³/mol. The van der Waals surface area contributed by atoms with Crippen molar-refractivity contribution in [3.63, 3.8) is 0 Å². The summed E-state index contributed by atoms with van der Waals surface area (Å²) in [5.41, 5.74) is 1.21. The molecule has 96 valence electrons. The van der Waals surface area contributed by atoms with Crippen LogP contribution in [-0.4, -0.2) is 22.9 Å². The fourth-order valence-electron chi connectivity index (χ4n) is 4.51. The van der Waals surface area contributed by atoms with Gasteiger partial charge in [0.2, 0.25) is 0 Å². The lowest BCUT2D eigenvalue weighted by molar-refractivity contribution is -0.134. The lowest BCUT2D eigenvalue weighted by Gasteiger charge is -2.52. The maximum absolute atomic E-state index is 9.68. The molecule has 1 saturated carbocycles. The van der Waals surface area contributed by atoms with Gasteiger partial charge in [-0.25, -0.2) is 0 Å². The van der Waals surface area contributed by atoms with Crippen LogP contribution in [0.15, 0.2) is 11.6 Å². The van der Waals surface area contributed by atoms with Crippen LogP contribution in [0.3, 0.4) is 0 Å². The molecule has 0 radical (unpaired) electrons. The zero-order valence-electron chi connectivity index (χ0n) is 11.3. The minimum atomic E-state index is -0.160. The molecular weight excluding hydrogens is 212 g/mol. The smallest absolute Gasteiger partial charge is 0.0977 e. The fourth-order valence-corrected chi connectivity index (χ4v) is 4.51. The third-order valence-corrected chi connectivity index (χ3v) is 5.75. The van der Waals surface area contributed by atoms with Crippen molar-refractivity contribution in [2.45, 2.75) is 64.1 Å². The van der Waals surface area contributed by atoms with Crippen molar-refractivity contribution in [3.05, 3.63) is 11.6 Å². The van der Waals surface area contributed by atoms with E-state index >= 15 is 0 Å². The van der Waals surface area contributed by atoms with Crippen LogP contribution in [0.1, 0.15) is 52.9 Å². The zero-order chi connectivity index (χ0) is 12.3. The molecule has 2 aliphatic carbocycles. The average molecular weight is 236 g/mol. The first kappa shape index (κ1) is 11.7. The van der Waals surface area contributed by atoms with Gasteiger partial charge in [-0.15, -0.1) is 0 Å². The molecule has 3 aliphatic rings. The molecule has 2 bridgehead atoms. The highest BCUT2D eigenvalue weighted by atomic mass is 16.5. The number of allylic oxidation sites excluding steroid dienone is 1. The third kappa shape index (κ3) is 1.34. The predicted octanol–water partition coefficient (Wildman–Crippen LogP) is 3.05.